The maximum Gasteiger partial charge on any atom is 0.276 e. The molecule has 0 spiro atoms. The summed E-state index contributed by atoms with van der Waals surface area (Å²) in [5.41, 5.74) is 1.36. The van der Waals surface area contributed by atoms with Gasteiger partial charge in [0.05, 0.1) is 25.8 Å². The Hall–Kier alpha value is -2.25. The molecule has 0 saturated carbocycles. The van der Waals surface area contributed by atoms with E-state index in [1.807, 2.05) is 19.1 Å². The van der Waals surface area contributed by atoms with Gasteiger partial charge in [-0.2, -0.15) is 0 Å². The Balaban J connectivity index is 1.64. The van der Waals surface area contributed by atoms with Gasteiger partial charge in [0, 0.05) is 38.6 Å². The molecule has 128 valence electrons. The topological polar surface area (TPSA) is 71.7 Å². The average molecular weight is 330 g/mol. The average Bonchev–Trinajstić information content (AvgIpc) is 3.10. The van der Waals surface area contributed by atoms with Crippen LogP contribution in [-0.2, 0) is 11.3 Å². The van der Waals surface area contributed by atoms with Crippen LogP contribution in [0.3, 0.4) is 0 Å². The minimum absolute atomic E-state index is 0.0695. The quantitative estimate of drug-likeness (QED) is 0.831. The summed E-state index contributed by atoms with van der Waals surface area (Å²) in [6.45, 7) is 5.80. The molecular weight excluding hydrogens is 308 g/mol. The molecule has 2 aromatic rings. The lowest BCUT2D eigenvalue weighted by Crippen LogP contribution is -2.35. The van der Waals surface area contributed by atoms with Crippen LogP contribution in [0.1, 0.15) is 34.8 Å². The van der Waals surface area contributed by atoms with Crippen LogP contribution in [0.25, 0.3) is 0 Å². The Morgan fingerprint density at radius 2 is 2.04 bits per heavy atom. The lowest BCUT2D eigenvalue weighted by molar-refractivity contribution is 0.0305. The van der Waals surface area contributed by atoms with Gasteiger partial charge in [-0.15, -0.1) is 0 Å². The second-order valence-electron chi connectivity index (χ2n) is 5.94. The van der Waals surface area contributed by atoms with Gasteiger partial charge in [-0.1, -0.05) is 5.16 Å². The maximum absolute atomic E-state index is 12.6. The third kappa shape index (κ3) is 3.80. The Kier molecular flexibility index (Phi) is 5.22. The van der Waals surface area contributed by atoms with Crippen LogP contribution in [-0.4, -0.2) is 59.2 Å². The fourth-order valence-electron chi connectivity index (χ4n) is 2.69. The molecule has 0 radical (unpaired) electrons. The number of hydrogen-bond acceptors (Lipinski definition) is 6. The fraction of sp³-hybridized carbons (Fsp3) is 0.471. The summed E-state index contributed by atoms with van der Waals surface area (Å²) in [6, 6.07) is 5.47. The van der Waals surface area contributed by atoms with Crippen molar-refractivity contribution in [3.8, 4) is 0 Å². The SMILES string of the molecule is CC(c1ccncc1)N(C)C(=O)c1cc(CN2CCOCC2)on1. The molecule has 1 amide bonds. The molecule has 0 N–H and O–H groups in total. The molecule has 7 heteroatoms. The number of pyridine rings is 1. The summed E-state index contributed by atoms with van der Waals surface area (Å²) in [6.07, 6.45) is 3.45. The number of rotatable bonds is 5. The molecule has 1 saturated heterocycles. The molecule has 1 atom stereocenters. The lowest BCUT2D eigenvalue weighted by atomic mass is 10.1. The Labute approximate surface area is 141 Å². The van der Waals surface area contributed by atoms with E-state index < -0.39 is 0 Å². The minimum atomic E-state index is -0.156. The molecule has 2 aromatic heterocycles. The number of aromatic nitrogens is 2. The Morgan fingerprint density at radius 1 is 1.33 bits per heavy atom. The van der Waals surface area contributed by atoms with Crippen LogP contribution in [0.2, 0.25) is 0 Å². The van der Waals surface area contributed by atoms with Gasteiger partial charge in [-0.25, -0.2) is 0 Å². The van der Waals surface area contributed by atoms with Crippen molar-refractivity contribution in [2.45, 2.75) is 19.5 Å². The monoisotopic (exact) mass is 330 g/mol. The van der Waals surface area contributed by atoms with Gasteiger partial charge in [-0.05, 0) is 24.6 Å². The van der Waals surface area contributed by atoms with Crippen molar-refractivity contribution in [3.05, 3.63) is 47.6 Å². The van der Waals surface area contributed by atoms with E-state index in [1.165, 1.54) is 0 Å². The van der Waals surface area contributed by atoms with E-state index in [9.17, 15) is 4.79 Å². The van der Waals surface area contributed by atoms with E-state index in [0.29, 0.717) is 18.0 Å². The molecule has 1 unspecified atom stereocenters. The van der Waals surface area contributed by atoms with Crippen LogP contribution in [0.5, 0.6) is 0 Å². The fourth-order valence-corrected chi connectivity index (χ4v) is 2.69. The first-order valence-corrected chi connectivity index (χ1v) is 8.08. The molecule has 0 bridgehead atoms. The van der Waals surface area contributed by atoms with Gasteiger partial charge in [0.25, 0.3) is 5.91 Å². The van der Waals surface area contributed by atoms with Crippen molar-refractivity contribution in [2.75, 3.05) is 33.4 Å². The highest BCUT2D eigenvalue weighted by Gasteiger charge is 2.23. The highest BCUT2D eigenvalue weighted by molar-refractivity contribution is 5.92. The summed E-state index contributed by atoms with van der Waals surface area (Å²) in [7, 11) is 1.77. The summed E-state index contributed by atoms with van der Waals surface area (Å²) >= 11 is 0. The van der Waals surface area contributed by atoms with Gasteiger partial charge in [-0.3, -0.25) is 14.7 Å². The van der Waals surface area contributed by atoms with Crippen molar-refractivity contribution in [3.63, 3.8) is 0 Å². The molecule has 3 heterocycles. The standard InChI is InChI=1S/C17H22N4O3/c1-13(14-3-5-18-6-4-14)20(2)17(22)16-11-15(24-19-16)12-21-7-9-23-10-8-21/h3-6,11,13H,7-10,12H2,1-2H3. The van der Waals surface area contributed by atoms with Crippen LogP contribution < -0.4 is 0 Å². The Morgan fingerprint density at radius 3 is 2.75 bits per heavy atom. The third-order valence-electron chi connectivity index (χ3n) is 4.35. The van der Waals surface area contributed by atoms with Crippen LogP contribution in [0, 0.1) is 0 Å². The normalized spacial score (nSPS) is 16.8. The van der Waals surface area contributed by atoms with Gasteiger partial charge < -0.3 is 14.2 Å². The number of hydrogen-bond donors (Lipinski definition) is 0. The molecule has 1 fully saturated rings. The molecule has 1 aliphatic heterocycles. The van der Waals surface area contributed by atoms with Gasteiger partial charge in [0.2, 0.25) is 0 Å². The van der Waals surface area contributed by atoms with Crippen LogP contribution in [0.15, 0.2) is 35.1 Å². The molecule has 0 aromatic carbocycles. The van der Waals surface area contributed by atoms with Gasteiger partial charge >= 0.3 is 0 Å². The zero-order chi connectivity index (χ0) is 16.9. The number of carbonyl (C=O) groups is 1. The highest BCUT2D eigenvalue weighted by Crippen LogP contribution is 2.20. The number of nitrogens with zero attached hydrogens (tertiary/aromatic N) is 4. The first-order chi connectivity index (χ1) is 11.6. The summed E-state index contributed by atoms with van der Waals surface area (Å²) in [5.74, 6) is 0.543. The van der Waals surface area contributed by atoms with Crippen molar-refractivity contribution < 1.29 is 14.1 Å². The smallest absolute Gasteiger partial charge is 0.276 e. The molecule has 7 nitrogen and oxygen atoms in total. The zero-order valence-corrected chi connectivity index (χ0v) is 14.0. The molecular formula is C17H22N4O3. The maximum atomic E-state index is 12.6. The minimum Gasteiger partial charge on any atom is -0.379 e. The van der Waals surface area contributed by atoms with Crippen molar-refractivity contribution >= 4 is 5.91 Å². The van der Waals surface area contributed by atoms with E-state index in [4.69, 9.17) is 9.26 Å². The second-order valence-corrected chi connectivity index (χ2v) is 5.94. The van der Waals surface area contributed by atoms with E-state index in [1.54, 1.807) is 30.4 Å². The molecule has 3 rings (SSSR count). The highest BCUT2D eigenvalue weighted by atomic mass is 16.5. The van der Waals surface area contributed by atoms with E-state index >= 15 is 0 Å². The zero-order valence-electron chi connectivity index (χ0n) is 14.0. The van der Waals surface area contributed by atoms with Gasteiger partial charge in [0.15, 0.2) is 11.5 Å². The summed E-state index contributed by atoms with van der Waals surface area (Å²) in [5, 5.41) is 3.94. The first-order valence-electron chi connectivity index (χ1n) is 8.08. The number of carbonyl (C=O) groups excluding carboxylic acids is 1. The van der Waals surface area contributed by atoms with Gasteiger partial charge in [0.1, 0.15) is 0 Å². The second kappa shape index (κ2) is 7.55. The summed E-state index contributed by atoms with van der Waals surface area (Å²) in [4.78, 5) is 20.5. The number of amides is 1. The van der Waals surface area contributed by atoms with Crippen LogP contribution >= 0.6 is 0 Å². The number of ether oxygens (including phenoxy) is 1. The lowest BCUT2D eigenvalue weighted by Gasteiger charge is -2.25. The van der Waals surface area contributed by atoms with E-state index in [-0.39, 0.29) is 11.9 Å². The third-order valence-corrected chi connectivity index (χ3v) is 4.35. The van der Waals surface area contributed by atoms with Crippen LogP contribution in [0.4, 0.5) is 0 Å². The van der Waals surface area contributed by atoms with Crippen molar-refractivity contribution in [1.29, 1.82) is 0 Å². The predicted molar refractivity (Wildman–Crippen MR) is 87.3 cm³/mol. The first kappa shape index (κ1) is 16.6. The van der Waals surface area contributed by atoms with E-state index in [2.05, 4.69) is 15.0 Å². The van der Waals surface area contributed by atoms with E-state index in [0.717, 1.165) is 31.9 Å². The molecule has 0 aliphatic carbocycles. The van der Waals surface area contributed by atoms with Crippen molar-refractivity contribution in [1.82, 2.24) is 19.9 Å². The molecule has 24 heavy (non-hydrogen) atoms. The largest absolute Gasteiger partial charge is 0.379 e. The number of morpholine rings is 1. The predicted octanol–water partition coefficient (Wildman–Crippen LogP) is 1.74. The Bertz CT molecular complexity index is 667. The summed E-state index contributed by atoms with van der Waals surface area (Å²) < 4.78 is 10.7. The van der Waals surface area contributed by atoms with Crippen molar-refractivity contribution in [2.24, 2.45) is 0 Å². The molecule has 1 aliphatic rings.